The second-order valence-corrected chi connectivity index (χ2v) is 3.62. The van der Waals surface area contributed by atoms with Crippen LogP contribution in [0.2, 0.25) is 0 Å². The van der Waals surface area contributed by atoms with E-state index in [0.717, 1.165) is 6.07 Å². The molecule has 0 spiro atoms. The first kappa shape index (κ1) is 15.4. The van der Waals surface area contributed by atoms with Gasteiger partial charge in [-0.25, -0.2) is 22.8 Å². The van der Waals surface area contributed by atoms with E-state index in [0.29, 0.717) is 6.07 Å². The van der Waals surface area contributed by atoms with Gasteiger partial charge in [0.2, 0.25) is 0 Å². The molecule has 0 aliphatic heterocycles. The normalized spacial score (nSPS) is 11.3. The topological polar surface area (TPSA) is 78.4 Å². The number of halogens is 3. The van der Waals surface area contributed by atoms with Crippen LogP contribution in [0.15, 0.2) is 12.1 Å². The van der Waals surface area contributed by atoms with Gasteiger partial charge in [0.05, 0.1) is 5.69 Å². The second kappa shape index (κ2) is 6.47. The molecule has 106 valence electrons. The van der Waals surface area contributed by atoms with Crippen LogP contribution >= 0.6 is 0 Å². The van der Waals surface area contributed by atoms with Crippen LogP contribution in [0.5, 0.6) is 0 Å². The third kappa shape index (κ3) is 3.65. The molecule has 0 bridgehead atoms. The molecule has 0 aliphatic rings. The maximum Gasteiger partial charge on any atom is 0.327 e. The Hall–Kier alpha value is -2.69. The second-order valence-electron chi connectivity index (χ2n) is 3.62. The Morgan fingerprint density at radius 2 is 1.95 bits per heavy atom. The highest BCUT2D eigenvalue weighted by Gasteiger charge is 2.20. The van der Waals surface area contributed by atoms with Crippen molar-refractivity contribution in [2.45, 2.75) is 12.5 Å². The number of rotatable bonds is 4. The van der Waals surface area contributed by atoms with E-state index in [1.165, 1.54) is 0 Å². The molecule has 1 aromatic rings. The molecular weight excluding hydrogens is 277 g/mol. The fourth-order valence-corrected chi connectivity index (χ4v) is 1.26. The van der Waals surface area contributed by atoms with E-state index in [-0.39, 0.29) is 6.42 Å². The summed E-state index contributed by atoms with van der Waals surface area (Å²) >= 11 is 0. The maximum atomic E-state index is 13.3. The average molecular weight is 286 g/mol. The van der Waals surface area contributed by atoms with Gasteiger partial charge in [0.25, 0.3) is 0 Å². The van der Waals surface area contributed by atoms with Gasteiger partial charge in [-0.3, -0.25) is 0 Å². The zero-order chi connectivity index (χ0) is 15.3. The smallest absolute Gasteiger partial charge is 0.327 e. The first-order valence-electron chi connectivity index (χ1n) is 5.24. The quantitative estimate of drug-likeness (QED) is 0.582. The lowest BCUT2D eigenvalue weighted by atomic mass is 10.2. The van der Waals surface area contributed by atoms with Gasteiger partial charge in [0.1, 0.15) is 6.04 Å². The predicted molar refractivity (Wildman–Crippen MR) is 63.3 cm³/mol. The lowest BCUT2D eigenvalue weighted by Crippen LogP contribution is -2.42. The number of benzene rings is 1. The summed E-state index contributed by atoms with van der Waals surface area (Å²) in [5, 5.41) is 12.5. The molecule has 8 heteroatoms. The molecule has 1 rings (SSSR count). The van der Waals surface area contributed by atoms with Crippen molar-refractivity contribution in [3.63, 3.8) is 0 Å². The summed E-state index contributed by atoms with van der Waals surface area (Å²) in [5.41, 5.74) is -0.633. The number of nitrogens with one attached hydrogen (secondary N) is 2. The van der Waals surface area contributed by atoms with Crippen molar-refractivity contribution >= 4 is 17.7 Å². The van der Waals surface area contributed by atoms with Crippen molar-refractivity contribution in [3.05, 3.63) is 29.6 Å². The lowest BCUT2D eigenvalue weighted by molar-refractivity contribution is -0.139. The Morgan fingerprint density at radius 3 is 2.50 bits per heavy atom. The van der Waals surface area contributed by atoms with Gasteiger partial charge in [0.15, 0.2) is 17.5 Å². The molecule has 3 N–H and O–H groups in total. The Bertz CT molecular complexity index is 584. The van der Waals surface area contributed by atoms with Crippen molar-refractivity contribution in [1.29, 1.82) is 0 Å². The number of terminal acetylenes is 1. The highest BCUT2D eigenvalue weighted by molar-refractivity contribution is 5.92. The zero-order valence-corrected chi connectivity index (χ0v) is 9.91. The van der Waals surface area contributed by atoms with Gasteiger partial charge < -0.3 is 15.7 Å². The summed E-state index contributed by atoms with van der Waals surface area (Å²) in [7, 11) is 0. The minimum absolute atomic E-state index is 0.289. The van der Waals surface area contributed by atoms with E-state index in [2.05, 4.69) is 0 Å². The summed E-state index contributed by atoms with van der Waals surface area (Å²) < 4.78 is 38.8. The van der Waals surface area contributed by atoms with Gasteiger partial charge in [-0.05, 0) is 12.1 Å². The number of carboxylic acid groups (broad SMARTS) is 1. The molecule has 0 radical (unpaired) electrons. The van der Waals surface area contributed by atoms with E-state index < -0.39 is 41.2 Å². The molecule has 0 heterocycles. The Kier molecular flexibility index (Phi) is 4.97. The highest BCUT2D eigenvalue weighted by atomic mass is 19.2. The molecule has 1 atom stereocenters. The van der Waals surface area contributed by atoms with E-state index in [9.17, 15) is 22.8 Å². The van der Waals surface area contributed by atoms with Gasteiger partial charge in [-0.2, -0.15) is 0 Å². The molecular formula is C12H9F3N2O3. The van der Waals surface area contributed by atoms with E-state index in [1.807, 2.05) is 16.6 Å². The highest BCUT2D eigenvalue weighted by Crippen LogP contribution is 2.19. The van der Waals surface area contributed by atoms with Gasteiger partial charge in [-0.1, -0.05) is 0 Å². The maximum absolute atomic E-state index is 13.3. The number of amides is 2. The Morgan fingerprint density at radius 1 is 1.30 bits per heavy atom. The molecule has 2 amide bonds. The number of aliphatic carboxylic acids is 1. The molecule has 0 aliphatic carbocycles. The molecule has 0 saturated heterocycles. The summed E-state index contributed by atoms with van der Waals surface area (Å²) in [6.07, 6.45) is 4.63. The monoisotopic (exact) mass is 286 g/mol. The summed E-state index contributed by atoms with van der Waals surface area (Å²) in [5.74, 6) is -4.10. The van der Waals surface area contributed by atoms with Crippen LogP contribution in [-0.2, 0) is 4.79 Å². The van der Waals surface area contributed by atoms with E-state index >= 15 is 0 Å². The Balaban J connectivity index is 2.79. The van der Waals surface area contributed by atoms with Crippen LogP contribution in [0.4, 0.5) is 23.7 Å². The van der Waals surface area contributed by atoms with Gasteiger partial charge in [0, 0.05) is 6.42 Å². The van der Waals surface area contributed by atoms with Crippen LogP contribution in [0, 0.1) is 29.8 Å². The van der Waals surface area contributed by atoms with E-state index in [1.54, 1.807) is 0 Å². The first-order valence-corrected chi connectivity index (χ1v) is 5.24. The number of hydrogen-bond acceptors (Lipinski definition) is 2. The van der Waals surface area contributed by atoms with Crippen molar-refractivity contribution in [1.82, 2.24) is 5.32 Å². The molecule has 0 saturated carbocycles. The van der Waals surface area contributed by atoms with Gasteiger partial charge >= 0.3 is 12.0 Å². The number of anilines is 1. The fraction of sp³-hybridized carbons (Fsp3) is 0.167. The third-order valence-corrected chi connectivity index (χ3v) is 2.21. The minimum atomic E-state index is -1.75. The van der Waals surface area contributed by atoms with Crippen molar-refractivity contribution < 1.29 is 27.9 Å². The van der Waals surface area contributed by atoms with Crippen molar-refractivity contribution in [2.24, 2.45) is 0 Å². The number of carboxylic acids is 1. The predicted octanol–water partition coefficient (Wildman–Crippen LogP) is 1.70. The molecule has 0 aromatic heterocycles. The molecule has 0 fully saturated rings. The molecule has 1 aromatic carbocycles. The number of carbonyl (C=O) groups is 2. The standard InChI is InChI=1S/C12H9F3N2O3/c1-2-3-8(11(18)19)17-12(20)16-7-5-4-6(13)9(14)10(7)15/h1,4-5,8H,3H2,(H,18,19)(H2,16,17,20). The van der Waals surface area contributed by atoms with Crippen molar-refractivity contribution in [2.75, 3.05) is 5.32 Å². The summed E-state index contributed by atoms with van der Waals surface area (Å²) in [6.45, 7) is 0. The van der Waals surface area contributed by atoms with Gasteiger partial charge in [-0.15, -0.1) is 12.3 Å². The summed E-state index contributed by atoms with van der Waals surface area (Å²) in [6, 6.07) is -1.08. The fourth-order valence-electron chi connectivity index (χ4n) is 1.26. The van der Waals surface area contributed by atoms with E-state index in [4.69, 9.17) is 11.5 Å². The number of urea groups is 1. The first-order chi connectivity index (χ1) is 9.36. The molecule has 20 heavy (non-hydrogen) atoms. The van der Waals surface area contributed by atoms with Crippen LogP contribution in [0.1, 0.15) is 6.42 Å². The van der Waals surface area contributed by atoms with Crippen LogP contribution in [0.25, 0.3) is 0 Å². The SMILES string of the molecule is C#CCC(NC(=O)Nc1ccc(F)c(F)c1F)C(=O)O. The van der Waals surface area contributed by atoms with Crippen molar-refractivity contribution in [3.8, 4) is 12.3 Å². The largest absolute Gasteiger partial charge is 0.480 e. The molecule has 5 nitrogen and oxygen atoms in total. The number of carbonyl (C=O) groups excluding carboxylic acids is 1. The Labute approximate surface area is 111 Å². The van der Waals surface area contributed by atoms with Crippen LogP contribution < -0.4 is 10.6 Å². The third-order valence-electron chi connectivity index (χ3n) is 2.21. The number of hydrogen-bond donors (Lipinski definition) is 3. The van der Waals surface area contributed by atoms with Crippen LogP contribution in [-0.4, -0.2) is 23.1 Å². The average Bonchev–Trinajstić information content (AvgIpc) is 2.39. The van der Waals surface area contributed by atoms with Crippen LogP contribution in [0.3, 0.4) is 0 Å². The zero-order valence-electron chi connectivity index (χ0n) is 9.91. The lowest BCUT2D eigenvalue weighted by Gasteiger charge is -2.13. The molecule has 1 unspecified atom stereocenters. The minimum Gasteiger partial charge on any atom is -0.480 e. The summed E-state index contributed by atoms with van der Waals surface area (Å²) in [4.78, 5) is 22.1.